The van der Waals surface area contributed by atoms with E-state index in [1.165, 1.54) is 4.68 Å². The summed E-state index contributed by atoms with van der Waals surface area (Å²) in [5.74, 6) is -0.192. The molecular weight excluding hydrogens is 282 g/mol. The molecule has 0 N–H and O–H groups in total. The fraction of sp³-hybridized carbons (Fsp3) is 0.333. The maximum absolute atomic E-state index is 12.0. The zero-order valence-electron chi connectivity index (χ0n) is 13.1. The van der Waals surface area contributed by atoms with Gasteiger partial charge in [-0.1, -0.05) is 22.9 Å². The first kappa shape index (κ1) is 15.7. The normalized spacial score (nSPS) is 10.9. The largest absolute Gasteiger partial charge is 0.461 e. The summed E-state index contributed by atoms with van der Waals surface area (Å²) in [6, 6.07) is 7.71. The molecule has 7 nitrogen and oxygen atoms in total. The Kier molecular flexibility index (Phi) is 4.88. The number of rotatable bonds is 5. The van der Waals surface area contributed by atoms with Crippen LogP contribution in [0.25, 0.3) is 5.69 Å². The van der Waals surface area contributed by atoms with Crippen molar-refractivity contribution < 1.29 is 9.53 Å². The Morgan fingerprint density at radius 1 is 1.36 bits per heavy atom. The fourth-order valence-corrected chi connectivity index (χ4v) is 1.75. The van der Waals surface area contributed by atoms with Crippen molar-refractivity contribution in [2.24, 2.45) is 4.99 Å². The SMILES string of the molecule is CCOC(=O)c1nnn(-c2ccc(C)cc2)c1/N=C/N(C)C. The Balaban J connectivity index is 2.49. The third-order valence-electron chi connectivity index (χ3n) is 2.80. The average Bonchev–Trinajstić information content (AvgIpc) is 2.90. The zero-order valence-corrected chi connectivity index (χ0v) is 13.1. The Morgan fingerprint density at radius 3 is 2.64 bits per heavy atom. The van der Waals surface area contributed by atoms with E-state index in [-0.39, 0.29) is 12.3 Å². The van der Waals surface area contributed by atoms with Gasteiger partial charge in [0, 0.05) is 14.1 Å². The number of aliphatic imine (C=N–C) groups is 1. The first-order valence-corrected chi connectivity index (χ1v) is 6.93. The van der Waals surface area contributed by atoms with Gasteiger partial charge in [0.15, 0.2) is 5.82 Å². The number of esters is 1. The second-order valence-electron chi connectivity index (χ2n) is 4.94. The van der Waals surface area contributed by atoms with Gasteiger partial charge in [-0.3, -0.25) is 0 Å². The number of benzene rings is 1. The molecule has 0 fully saturated rings. The highest BCUT2D eigenvalue weighted by Crippen LogP contribution is 2.22. The van der Waals surface area contributed by atoms with Crippen molar-refractivity contribution in [2.75, 3.05) is 20.7 Å². The molecule has 0 saturated carbocycles. The first-order valence-electron chi connectivity index (χ1n) is 6.93. The molecule has 0 aliphatic heterocycles. The Morgan fingerprint density at radius 2 is 2.05 bits per heavy atom. The molecule has 1 aromatic carbocycles. The van der Waals surface area contributed by atoms with Gasteiger partial charge >= 0.3 is 5.97 Å². The summed E-state index contributed by atoms with van der Waals surface area (Å²) in [5, 5.41) is 7.95. The molecule has 0 amide bonds. The van der Waals surface area contributed by atoms with Crippen LogP contribution in [0.1, 0.15) is 23.0 Å². The molecule has 22 heavy (non-hydrogen) atoms. The molecule has 0 aliphatic carbocycles. The van der Waals surface area contributed by atoms with Crippen molar-refractivity contribution in [1.29, 1.82) is 0 Å². The molecule has 0 bridgehead atoms. The highest BCUT2D eigenvalue weighted by Gasteiger charge is 2.21. The molecule has 2 aromatic rings. The summed E-state index contributed by atoms with van der Waals surface area (Å²) in [5.41, 5.74) is 2.01. The minimum atomic E-state index is -0.535. The van der Waals surface area contributed by atoms with E-state index in [0.29, 0.717) is 5.82 Å². The number of aryl methyl sites for hydroxylation is 1. The third kappa shape index (κ3) is 3.49. The van der Waals surface area contributed by atoms with Crippen LogP contribution < -0.4 is 0 Å². The van der Waals surface area contributed by atoms with E-state index in [1.54, 1.807) is 18.2 Å². The first-order chi connectivity index (χ1) is 10.5. The molecule has 0 atom stereocenters. The lowest BCUT2D eigenvalue weighted by molar-refractivity contribution is 0.0520. The summed E-state index contributed by atoms with van der Waals surface area (Å²) in [7, 11) is 3.68. The molecule has 0 spiro atoms. The predicted molar refractivity (Wildman–Crippen MR) is 83.9 cm³/mol. The fourth-order valence-electron chi connectivity index (χ4n) is 1.75. The van der Waals surface area contributed by atoms with Crippen molar-refractivity contribution in [2.45, 2.75) is 13.8 Å². The highest BCUT2D eigenvalue weighted by atomic mass is 16.5. The topological polar surface area (TPSA) is 72.6 Å². The highest BCUT2D eigenvalue weighted by molar-refractivity contribution is 5.92. The summed E-state index contributed by atoms with van der Waals surface area (Å²) in [6.45, 7) is 4.01. The monoisotopic (exact) mass is 301 g/mol. The van der Waals surface area contributed by atoms with Gasteiger partial charge in [0.25, 0.3) is 0 Å². The van der Waals surface area contributed by atoms with Crippen LogP contribution >= 0.6 is 0 Å². The van der Waals surface area contributed by atoms with E-state index in [2.05, 4.69) is 15.3 Å². The number of ether oxygens (including phenoxy) is 1. The van der Waals surface area contributed by atoms with E-state index in [0.717, 1.165) is 11.3 Å². The second-order valence-corrected chi connectivity index (χ2v) is 4.94. The van der Waals surface area contributed by atoms with Crippen LogP contribution in [0.3, 0.4) is 0 Å². The van der Waals surface area contributed by atoms with Crippen LogP contribution in [0.2, 0.25) is 0 Å². The van der Waals surface area contributed by atoms with Gasteiger partial charge in [-0.2, -0.15) is 4.68 Å². The minimum absolute atomic E-state index is 0.0977. The van der Waals surface area contributed by atoms with E-state index < -0.39 is 5.97 Å². The summed E-state index contributed by atoms with van der Waals surface area (Å²) in [4.78, 5) is 18.1. The van der Waals surface area contributed by atoms with Gasteiger partial charge in [-0.15, -0.1) is 5.10 Å². The second kappa shape index (κ2) is 6.84. The molecular formula is C15H19N5O2. The number of hydrogen-bond acceptors (Lipinski definition) is 5. The Bertz CT molecular complexity index is 674. The maximum Gasteiger partial charge on any atom is 0.362 e. The van der Waals surface area contributed by atoms with Gasteiger partial charge in [-0.25, -0.2) is 9.79 Å². The van der Waals surface area contributed by atoms with Crippen LogP contribution in [-0.4, -0.2) is 52.9 Å². The van der Waals surface area contributed by atoms with E-state index in [9.17, 15) is 4.79 Å². The van der Waals surface area contributed by atoms with E-state index in [1.807, 2.05) is 45.3 Å². The smallest absolute Gasteiger partial charge is 0.362 e. The Hall–Kier alpha value is -2.70. The van der Waals surface area contributed by atoms with Crippen LogP contribution in [0.4, 0.5) is 5.82 Å². The van der Waals surface area contributed by atoms with Crippen molar-refractivity contribution in [3.63, 3.8) is 0 Å². The lowest BCUT2D eigenvalue weighted by Crippen LogP contribution is -2.09. The standard InChI is InChI=1S/C15H19N5O2/c1-5-22-15(21)13-14(16-10-19(3)4)20(18-17-13)12-8-6-11(2)7-9-12/h6-10H,5H2,1-4H3/b16-10+. The quantitative estimate of drug-likeness (QED) is 0.479. The molecule has 0 aliphatic rings. The van der Waals surface area contributed by atoms with Crippen molar-refractivity contribution >= 4 is 18.1 Å². The summed E-state index contributed by atoms with van der Waals surface area (Å²) >= 11 is 0. The molecule has 2 rings (SSSR count). The van der Waals surface area contributed by atoms with Crippen molar-refractivity contribution in [1.82, 2.24) is 19.9 Å². The zero-order chi connectivity index (χ0) is 16.1. The van der Waals surface area contributed by atoms with Gasteiger partial charge in [0.1, 0.15) is 0 Å². The van der Waals surface area contributed by atoms with Crippen LogP contribution in [0, 0.1) is 6.92 Å². The van der Waals surface area contributed by atoms with Gasteiger partial charge < -0.3 is 9.64 Å². The molecule has 7 heteroatoms. The summed E-state index contributed by atoms with van der Waals surface area (Å²) < 4.78 is 6.52. The number of carbonyl (C=O) groups excluding carboxylic acids is 1. The van der Waals surface area contributed by atoms with Crippen LogP contribution in [-0.2, 0) is 4.74 Å². The average molecular weight is 301 g/mol. The maximum atomic E-state index is 12.0. The third-order valence-corrected chi connectivity index (χ3v) is 2.80. The summed E-state index contributed by atoms with van der Waals surface area (Å²) in [6.07, 6.45) is 1.59. The Labute approximate surface area is 129 Å². The molecule has 1 heterocycles. The van der Waals surface area contributed by atoms with Gasteiger partial charge in [-0.05, 0) is 26.0 Å². The number of nitrogens with zero attached hydrogens (tertiary/aromatic N) is 5. The number of hydrogen-bond donors (Lipinski definition) is 0. The van der Waals surface area contributed by atoms with Crippen LogP contribution in [0.5, 0.6) is 0 Å². The lowest BCUT2D eigenvalue weighted by atomic mass is 10.2. The van der Waals surface area contributed by atoms with Crippen molar-refractivity contribution in [3.05, 3.63) is 35.5 Å². The van der Waals surface area contributed by atoms with Crippen molar-refractivity contribution in [3.8, 4) is 5.69 Å². The molecule has 0 unspecified atom stereocenters. The van der Waals surface area contributed by atoms with Gasteiger partial charge in [0.2, 0.25) is 5.69 Å². The van der Waals surface area contributed by atoms with E-state index >= 15 is 0 Å². The molecule has 0 saturated heterocycles. The molecule has 1 aromatic heterocycles. The number of aromatic nitrogens is 3. The lowest BCUT2D eigenvalue weighted by Gasteiger charge is -2.06. The predicted octanol–water partition coefficient (Wildman–Crippen LogP) is 1.97. The minimum Gasteiger partial charge on any atom is -0.461 e. The van der Waals surface area contributed by atoms with Gasteiger partial charge in [0.05, 0.1) is 18.6 Å². The molecule has 116 valence electrons. The molecule has 0 radical (unpaired) electrons. The number of carbonyl (C=O) groups is 1. The van der Waals surface area contributed by atoms with Crippen LogP contribution in [0.15, 0.2) is 29.3 Å². The van der Waals surface area contributed by atoms with E-state index in [4.69, 9.17) is 4.74 Å².